The molecule has 102 valence electrons. The van der Waals surface area contributed by atoms with Gasteiger partial charge in [0.2, 0.25) is 0 Å². The molecule has 7 heteroatoms. The molecular weight excluding hydrogens is 341 g/mol. The van der Waals surface area contributed by atoms with Gasteiger partial charge < -0.3 is 4.52 Å². The molecule has 2 aromatic rings. The molecule has 1 atom stereocenters. The molecule has 1 aromatic heterocycles. The summed E-state index contributed by atoms with van der Waals surface area (Å²) in [5.41, 5.74) is 0.966. The van der Waals surface area contributed by atoms with Crippen LogP contribution in [0.3, 0.4) is 0 Å². The molecule has 0 radical (unpaired) electrons. The molecule has 0 saturated carbocycles. The largest absolute Gasteiger partial charge is 0.428 e. The highest BCUT2D eigenvalue weighted by Crippen LogP contribution is 2.56. The minimum absolute atomic E-state index is 0.238. The van der Waals surface area contributed by atoms with Gasteiger partial charge in [0.05, 0.1) is 6.54 Å². The van der Waals surface area contributed by atoms with Gasteiger partial charge in [0.1, 0.15) is 16.7 Å². The zero-order valence-corrected chi connectivity index (χ0v) is 12.9. The summed E-state index contributed by atoms with van der Waals surface area (Å²) >= 11 is 3.25. The van der Waals surface area contributed by atoms with E-state index in [1.54, 1.807) is 16.9 Å². The fourth-order valence-electron chi connectivity index (χ4n) is 2.07. The second-order valence-corrected chi connectivity index (χ2v) is 7.30. The van der Waals surface area contributed by atoms with Crippen LogP contribution in [0, 0.1) is 12.3 Å². The molecule has 0 fully saturated rings. The summed E-state index contributed by atoms with van der Waals surface area (Å²) in [4.78, 5) is 4.04. The van der Waals surface area contributed by atoms with Crippen LogP contribution in [-0.2, 0) is 11.1 Å². The van der Waals surface area contributed by atoms with E-state index >= 15 is 0 Å². The molecule has 0 saturated heterocycles. The van der Waals surface area contributed by atoms with E-state index in [4.69, 9.17) is 10.9 Å². The van der Waals surface area contributed by atoms with Crippen molar-refractivity contribution < 1.29 is 9.09 Å². The minimum Gasteiger partial charge on any atom is -0.417 e. The lowest BCUT2D eigenvalue weighted by Gasteiger charge is -2.34. The van der Waals surface area contributed by atoms with Gasteiger partial charge in [-0.25, -0.2) is 13.9 Å². The van der Waals surface area contributed by atoms with Crippen molar-refractivity contribution in [3.63, 3.8) is 0 Å². The molecule has 1 aliphatic heterocycles. The second kappa shape index (κ2) is 5.10. The SMILES string of the molecule is C#CCN1Cc2ccccc2OP1(=O)n1cnc(Br)c1. The number of rotatable bonds is 2. The van der Waals surface area contributed by atoms with Crippen molar-refractivity contribution in [1.82, 2.24) is 14.0 Å². The fraction of sp³-hybridized carbons (Fsp3) is 0.154. The van der Waals surface area contributed by atoms with Gasteiger partial charge in [-0.15, -0.1) is 6.42 Å². The standard InChI is InChI=1S/C13H11BrN3O2P/c1-2-7-16-8-11-5-3-4-6-12(11)19-20(16,18)17-9-13(14)15-10-17/h1,3-6,9-10H,7-8H2. The maximum absolute atomic E-state index is 13.2. The van der Waals surface area contributed by atoms with E-state index in [0.717, 1.165) is 5.56 Å². The Balaban J connectivity index is 2.09. The van der Waals surface area contributed by atoms with Crippen molar-refractivity contribution >= 4 is 23.6 Å². The van der Waals surface area contributed by atoms with E-state index in [-0.39, 0.29) is 6.54 Å². The molecule has 0 spiro atoms. The summed E-state index contributed by atoms with van der Waals surface area (Å²) in [6.45, 7) is 0.717. The van der Waals surface area contributed by atoms with Gasteiger partial charge in [-0.1, -0.05) is 24.1 Å². The number of para-hydroxylation sites is 1. The third-order valence-corrected chi connectivity index (χ3v) is 5.65. The summed E-state index contributed by atoms with van der Waals surface area (Å²) in [7, 11) is -3.29. The van der Waals surface area contributed by atoms with Crippen LogP contribution >= 0.6 is 23.6 Å². The molecule has 20 heavy (non-hydrogen) atoms. The Hall–Kier alpha value is -1.54. The summed E-state index contributed by atoms with van der Waals surface area (Å²) in [5.74, 6) is 3.15. The van der Waals surface area contributed by atoms with Gasteiger partial charge in [0.15, 0.2) is 0 Å². The summed E-state index contributed by atoms with van der Waals surface area (Å²) in [5, 5.41) is 0. The monoisotopic (exact) mass is 351 g/mol. The van der Waals surface area contributed by atoms with Gasteiger partial charge in [0, 0.05) is 18.3 Å². The summed E-state index contributed by atoms with van der Waals surface area (Å²) in [6.07, 6.45) is 8.48. The summed E-state index contributed by atoms with van der Waals surface area (Å²) in [6, 6.07) is 7.51. The normalized spacial score (nSPS) is 21.8. The van der Waals surface area contributed by atoms with Crippen molar-refractivity contribution in [2.24, 2.45) is 0 Å². The van der Waals surface area contributed by atoms with Gasteiger partial charge >= 0.3 is 7.67 Å². The van der Waals surface area contributed by atoms with Gasteiger partial charge in [-0.2, -0.15) is 4.67 Å². The number of halogens is 1. The Morgan fingerprint density at radius 2 is 2.30 bits per heavy atom. The molecular formula is C13H11BrN3O2P. The third kappa shape index (κ3) is 2.18. The quantitative estimate of drug-likeness (QED) is 0.616. The molecule has 0 amide bonds. The minimum atomic E-state index is -3.29. The van der Waals surface area contributed by atoms with Crippen molar-refractivity contribution in [2.75, 3.05) is 6.54 Å². The zero-order chi connectivity index (χ0) is 14.2. The van der Waals surface area contributed by atoms with Crippen molar-refractivity contribution in [1.29, 1.82) is 0 Å². The van der Waals surface area contributed by atoms with Crippen LogP contribution in [0.2, 0.25) is 0 Å². The lowest BCUT2D eigenvalue weighted by molar-refractivity contribution is 0.332. The van der Waals surface area contributed by atoms with Crippen LogP contribution in [0.1, 0.15) is 5.56 Å². The van der Waals surface area contributed by atoms with Crippen molar-refractivity contribution in [2.45, 2.75) is 6.54 Å². The maximum Gasteiger partial charge on any atom is 0.428 e. The Morgan fingerprint density at radius 1 is 1.50 bits per heavy atom. The van der Waals surface area contributed by atoms with Crippen LogP contribution in [0.15, 0.2) is 41.4 Å². The van der Waals surface area contributed by atoms with Crippen LogP contribution in [0.5, 0.6) is 5.75 Å². The van der Waals surface area contributed by atoms with Crippen molar-refractivity contribution in [3.05, 3.63) is 47.0 Å². The van der Waals surface area contributed by atoms with E-state index in [2.05, 4.69) is 26.8 Å². The number of aromatic nitrogens is 2. The predicted octanol–water partition coefficient (Wildman–Crippen LogP) is 3.13. The van der Waals surface area contributed by atoms with Gasteiger partial charge in [-0.05, 0) is 22.0 Å². The molecule has 0 aliphatic carbocycles. The van der Waals surface area contributed by atoms with E-state index < -0.39 is 7.67 Å². The van der Waals surface area contributed by atoms with Crippen LogP contribution in [0.4, 0.5) is 0 Å². The summed E-state index contributed by atoms with van der Waals surface area (Å²) < 4.78 is 22.7. The molecule has 1 aliphatic rings. The first-order chi connectivity index (χ1) is 9.63. The highest BCUT2D eigenvalue weighted by Gasteiger charge is 2.40. The van der Waals surface area contributed by atoms with Gasteiger partial charge in [-0.3, -0.25) is 0 Å². The first-order valence-corrected chi connectivity index (χ1v) is 8.22. The van der Waals surface area contributed by atoms with Gasteiger partial charge in [0.25, 0.3) is 0 Å². The first-order valence-electron chi connectivity index (χ1n) is 5.90. The average molecular weight is 352 g/mol. The second-order valence-electron chi connectivity index (χ2n) is 4.29. The topological polar surface area (TPSA) is 47.4 Å². The number of fused-ring (bicyclic) bond motifs is 1. The Kier molecular flexibility index (Phi) is 3.43. The first kappa shape index (κ1) is 13.4. The number of hydrogen-bond donors (Lipinski definition) is 0. The fourth-order valence-corrected chi connectivity index (χ4v) is 4.50. The average Bonchev–Trinajstić information content (AvgIpc) is 2.87. The number of nitrogens with zero attached hydrogens (tertiary/aromatic N) is 3. The molecule has 3 rings (SSSR count). The molecule has 1 unspecified atom stereocenters. The smallest absolute Gasteiger partial charge is 0.417 e. The van der Waals surface area contributed by atoms with Crippen LogP contribution in [0.25, 0.3) is 0 Å². The highest BCUT2D eigenvalue weighted by molar-refractivity contribution is 9.10. The molecule has 1 aromatic carbocycles. The van der Waals surface area contributed by atoms with E-state index in [1.807, 2.05) is 18.2 Å². The zero-order valence-electron chi connectivity index (χ0n) is 10.4. The Labute approximate surface area is 125 Å². The number of hydrogen-bond acceptors (Lipinski definition) is 3. The number of imidazole rings is 1. The Morgan fingerprint density at radius 3 is 3.00 bits per heavy atom. The van der Waals surface area contributed by atoms with E-state index in [0.29, 0.717) is 16.9 Å². The molecule has 2 heterocycles. The lowest BCUT2D eigenvalue weighted by atomic mass is 10.2. The van der Waals surface area contributed by atoms with Crippen LogP contribution in [-0.4, -0.2) is 20.5 Å². The van der Waals surface area contributed by atoms with Crippen LogP contribution < -0.4 is 4.52 Å². The van der Waals surface area contributed by atoms with E-state index in [1.165, 1.54) is 10.7 Å². The molecule has 0 bridgehead atoms. The number of benzene rings is 1. The molecule has 0 N–H and O–H groups in total. The lowest BCUT2D eigenvalue weighted by Crippen LogP contribution is -2.30. The molecule has 5 nitrogen and oxygen atoms in total. The Bertz CT molecular complexity index is 737. The third-order valence-electron chi connectivity index (χ3n) is 3.00. The highest BCUT2D eigenvalue weighted by atomic mass is 79.9. The predicted molar refractivity (Wildman–Crippen MR) is 79.2 cm³/mol. The maximum atomic E-state index is 13.2. The number of terminal acetylenes is 1. The van der Waals surface area contributed by atoms with Crippen molar-refractivity contribution in [3.8, 4) is 18.1 Å². The van der Waals surface area contributed by atoms with E-state index in [9.17, 15) is 4.57 Å².